The maximum absolute atomic E-state index is 3.55. The average Bonchev–Trinajstić information content (AvgIpc) is 1.80. The quantitative estimate of drug-likeness (QED) is 0.633. The van der Waals surface area contributed by atoms with E-state index in [0.29, 0.717) is 5.41 Å². The first-order chi connectivity index (χ1) is 5.67. The molecule has 0 amide bonds. The molecule has 0 bridgehead atoms. The molecule has 1 N–H and O–H groups in total. The second-order valence-electron chi connectivity index (χ2n) is 5.37. The third-order valence-corrected chi connectivity index (χ3v) is 3.67. The predicted molar refractivity (Wildman–Crippen MR) is 52.1 cm³/mol. The van der Waals surface area contributed by atoms with Gasteiger partial charge in [0.05, 0.1) is 0 Å². The Morgan fingerprint density at radius 1 is 1.25 bits per heavy atom. The van der Waals surface area contributed by atoms with E-state index in [2.05, 4.69) is 19.2 Å². The van der Waals surface area contributed by atoms with E-state index < -0.39 is 0 Å². The first-order valence-electron chi connectivity index (χ1n) is 5.41. The van der Waals surface area contributed by atoms with E-state index in [1.807, 2.05) is 0 Å². The van der Waals surface area contributed by atoms with Gasteiger partial charge < -0.3 is 5.32 Å². The van der Waals surface area contributed by atoms with Gasteiger partial charge in [0.15, 0.2) is 0 Å². The Bertz CT molecular complexity index is 158. The summed E-state index contributed by atoms with van der Waals surface area (Å²) in [7, 11) is 0. The largest absolute Gasteiger partial charge is 0.314 e. The third-order valence-electron chi connectivity index (χ3n) is 3.67. The van der Waals surface area contributed by atoms with Crippen molar-refractivity contribution in [3.8, 4) is 0 Å². The summed E-state index contributed by atoms with van der Waals surface area (Å²) in [4.78, 5) is 0. The van der Waals surface area contributed by atoms with E-state index in [9.17, 15) is 0 Å². The molecular weight excluding hydrogens is 146 g/mol. The van der Waals surface area contributed by atoms with E-state index in [-0.39, 0.29) is 0 Å². The Morgan fingerprint density at radius 3 is 2.50 bits per heavy atom. The summed E-state index contributed by atoms with van der Waals surface area (Å²) in [6.07, 6.45) is 7.25. The summed E-state index contributed by atoms with van der Waals surface area (Å²) in [5.41, 5.74) is 0.625. The van der Waals surface area contributed by atoms with Crippen LogP contribution in [0.2, 0.25) is 0 Å². The van der Waals surface area contributed by atoms with Crippen molar-refractivity contribution in [2.75, 3.05) is 6.54 Å². The van der Waals surface area contributed by atoms with Crippen LogP contribution >= 0.6 is 0 Å². The zero-order chi connectivity index (χ0) is 8.60. The molecule has 70 valence electrons. The van der Waals surface area contributed by atoms with Crippen LogP contribution in [-0.4, -0.2) is 12.6 Å². The number of hydrogen-bond donors (Lipinski definition) is 1. The second kappa shape index (κ2) is 3.02. The smallest absolute Gasteiger partial charge is 0.0108 e. The lowest BCUT2D eigenvalue weighted by Crippen LogP contribution is -2.49. The van der Waals surface area contributed by atoms with Crippen LogP contribution in [0.25, 0.3) is 0 Å². The molecule has 1 heterocycles. The van der Waals surface area contributed by atoms with E-state index in [1.165, 1.54) is 38.6 Å². The molecule has 1 saturated heterocycles. The first kappa shape index (κ1) is 8.55. The van der Waals surface area contributed by atoms with Crippen molar-refractivity contribution in [3.05, 3.63) is 0 Å². The first-order valence-corrected chi connectivity index (χ1v) is 5.41. The van der Waals surface area contributed by atoms with Crippen molar-refractivity contribution >= 4 is 0 Å². The Morgan fingerprint density at radius 2 is 2.00 bits per heavy atom. The lowest BCUT2D eigenvalue weighted by atomic mass is 9.68. The topological polar surface area (TPSA) is 12.0 Å². The van der Waals surface area contributed by atoms with Crippen LogP contribution in [0.15, 0.2) is 0 Å². The maximum Gasteiger partial charge on any atom is 0.0108 e. The lowest BCUT2D eigenvalue weighted by molar-refractivity contribution is 0.121. The summed E-state index contributed by atoms with van der Waals surface area (Å²) in [5.74, 6) is 0.988. The van der Waals surface area contributed by atoms with Gasteiger partial charge in [-0.15, -0.1) is 0 Å². The fraction of sp³-hybridized carbons (Fsp3) is 1.00. The fourth-order valence-electron chi connectivity index (χ4n) is 2.81. The summed E-state index contributed by atoms with van der Waals surface area (Å²) in [6, 6.07) is 0.879. The van der Waals surface area contributed by atoms with Gasteiger partial charge in [-0.3, -0.25) is 0 Å². The van der Waals surface area contributed by atoms with E-state index in [1.54, 1.807) is 0 Å². The van der Waals surface area contributed by atoms with Gasteiger partial charge in [0, 0.05) is 6.04 Å². The molecule has 12 heavy (non-hydrogen) atoms. The van der Waals surface area contributed by atoms with E-state index in [4.69, 9.17) is 0 Å². The molecule has 0 spiro atoms. The van der Waals surface area contributed by atoms with Gasteiger partial charge >= 0.3 is 0 Å². The molecule has 2 fully saturated rings. The van der Waals surface area contributed by atoms with Gasteiger partial charge in [-0.05, 0) is 43.6 Å². The Kier molecular flexibility index (Phi) is 2.16. The van der Waals surface area contributed by atoms with Gasteiger partial charge in [-0.25, -0.2) is 0 Å². The van der Waals surface area contributed by atoms with Gasteiger partial charge in [-0.2, -0.15) is 0 Å². The van der Waals surface area contributed by atoms with Gasteiger partial charge in [0.2, 0.25) is 0 Å². The molecule has 1 aliphatic heterocycles. The minimum absolute atomic E-state index is 0.625. The minimum Gasteiger partial charge on any atom is -0.314 e. The normalized spacial score (nSPS) is 40.5. The number of hydrogen-bond acceptors (Lipinski definition) is 1. The molecule has 0 radical (unpaired) electrons. The predicted octanol–water partition coefficient (Wildman–Crippen LogP) is 2.56. The van der Waals surface area contributed by atoms with Crippen molar-refractivity contribution in [1.29, 1.82) is 0 Å². The van der Waals surface area contributed by atoms with E-state index >= 15 is 0 Å². The maximum atomic E-state index is 3.55. The molecule has 2 rings (SSSR count). The summed E-state index contributed by atoms with van der Waals surface area (Å²) in [6.45, 7) is 6.12. The number of rotatable bonds is 1. The molecule has 2 atom stereocenters. The Hall–Kier alpha value is -0.0400. The van der Waals surface area contributed by atoms with Crippen molar-refractivity contribution in [2.24, 2.45) is 11.3 Å². The highest BCUT2D eigenvalue weighted by Gasteiger charge is 2.34. The molecular formula is C11H21N. The molecule has 1 heteroatoms. The summed E-state index contributed by atoms with van der Waals surface area (Å²) in [5, 5.41) is 3.55. The van der Waals surface area contributed by atoms with Crippen LogP contribution in [0, 0.1) is 11.3 Å². The van der Waals surface area contributed by atoms with Crippen LogP contribution in [0.5, 0.6) is 0 Å². The van der Waals surface area contributed by atoms with Crippen molar-refractivity contribution in [2.45, 2.75) is 52.0 Å². The highest BCUT2D eigenvalue weighted by atomic mass is 15.0. The van der Waals surface area contributed by atoms with Crippen LogP contribution in [0.3, 0.4) is 0 Å². The van der Waals surface area contributed by atoms with Gasteiger partial charge in [-0.1, -0.05) is 20.3 Å². The molecule has 0 aromatic rings. The number of nitrogens with one attached hydrogen (secondary N) is 1. The molecule has 1 aliphatic carbocycles. The van der Waals surface area contributed by atoms with Crippen LogP contribution in [0.4, 0.5) is 0 Å². The fourth-order valence-corrected chi connectivity index (χ4v) is 2.81. The molecule has 1 nitrogen and oxygen atoms in total. The molecule has 2 aliphatic rings. The molecule has 2 unspecified atom stereocenters. The molecule has 1 saturated carbocycles. The monoisotopic (exact) mass is 167 g/mol. The summed E-state index contributed by atoms with van der Waals surface area (Å²) >= 11 is 0. The Balaban J connectivity index is 1.89. The van der Waals surface area contributed by atoms with Crippen molar-refractivity contribution in [1.82, 2.24) is 5.32 Å². The highest BCUT2D eigenvalue weighted by molar-refractivity contribution is 4.90. The zero-order valence-corrected chi connectivity index (χ0v) is 8.40. The van der Waals surface area contributed by atoms with Crippen molar-refractivity contribution < 1.29 is 0 Å². The lowest BCUT2D eigenvalue weighted by Gasteiger charge is -2.43. The van der Waals surface area contributed by atoms with Gasteiger partial charge in [0.1, 0.15) is 0 Å². The van der Waals surface area contributed by atoms with Crippen molar-refractivity contribution in [3.63, 3.8) is 0 Å². The van der Waals surface area contributed by atoms with Gasteiger partial charge in [0.25, 0.3) is 0 Å². The second-order valence-corrected chi connectivity index (χ2v) is 5.37. The van der Waals surface area contributed by atoms with E-state index in [0.717, 1.165) is 12.0 Å². The van der Waals surface area contributed by atoms with Crippen LogP contribution in [0.1, 0.15) is 46.0 Å². The standard InChI is InChI=1S/C11H21N/c1-11(2)6-3-4-9(8-11)10-5-7-12-10/h9-10,12H,3-8H2,1-2H3. The SMILES string of the molecule is CC1(C)CCCC(C2CCN2)C1. The zero-order valence-electron chi connectivity index (χ0n) is 8.40. The van der Waals surface area contributed by atoms with Crippen LogP contribution < -0.4 is 5.32 Å². The minimum atomic E-state index is 0.625. The Labute approximate surface area is 75.9 Å². The third kappa shape index (κ3) is 1.66. The summed E-state index contributed by atoms with van der Waals surface area (Å²) < 4.78 is 0. The highest BCUT2D eigenvalue weighted by Crippen LogP contribution is 2.41. The average molecular weight is 167 g/mol. The van der Waals surface area contributed by atoms with Crippen LogP contribution in [-0.2, 0) is 0 Å². The molecule has 0 aromatic heterocycles. The molecule has 0 aromatic carbocycles.